The second-order valence-corrected chi connectivity index (χ2v) is 9.82. The quantitative estimate of drug-likeness (QED) is 0.272. The van der Waals surface area contributed by atoms with Gasteiger partial charge in [0.25, 0.3) is 0 Å². The number of hydrogen-bond donors (Lipinski definition) is 2. The maximum Gasteiger partial charge on any atom is 0.237 e. The lowest BCUT2D eigenvalue weighted by Crippen LogP contribution is -2.44. The number of aromatic amines is 1. The molecule has 1 fully saturated rings. The number of rotatable bonds is 5. The van der Waals surface area contributed by atoms with Crippen molar-refractivity contribution in [2.45, 2.75) is 30.0 Å². The molecule has 0 saturated carbocycles. The molecule has 0 amide bonds. The van der Waals surface area contributed by atoms with Gasteiger partial charge in [0.1, 0.15) is 11.3 Å². The van der Waals surface area contributed by atoms with Crippen LogP contribution < -0.4 is 10.1 Å². The lowest BCUT2D eigenvalue weighted by molar-refractivity contribution is -0.527. The van der Waals surface area contributed by atoms with E-state index < -0.39 is 23.5 Å². The van der Waals surface area contributed by atoms with Crippen molar-refractivity contribution in [2.75, 3.05) is 7.11 Å². The Hall–Kier alpha value is -4.63. The molecule has 1 aliphatic carbocycles. The first-order valence-corrected chi connectivity index (χ1v) is 12.5. The number of imidazole rings is 1. The lowest BCUT2D eigenvalue weighted by Gasteiger charge is -2.33. The van der Waals surface area contributed by atoms with Crippen molar-refractivity contribution in [3.8, 4) is 17.0 Å². The molecule has 0 radical (unpaired) electrons. The number of nitro groups is 1. The van der Waals surface area contributed by atoms with Crippen molar-refractivity contribution in [1.29, 1.82) is 0 Å². The second-order valence-electron chi connectivity index (χ2n) is 9.82. The summed E-state index contributed by atoms with van der Waals surface area (Å²) < 4.78 is 5.39. The van der Waals surface area contributed by atoms with E-state index in [0.717, 1.165) is 44.8 Å². The summed E-state index contributed by atoms with van der Waals surface area (Å²) in [5, 5.41) is 16.7. The van der Waals surface area contributed by atoms with Gasteiger partial charge in [0.2, 0.25) is 6.04 Å². The van der Waals surface area contributed by atoms with Crippen LogP contribution in [-0.2, 0) is 12.0 Å². The van der Waals surface area contributed by atoms with Gasteiger partial charge in [0.05, 0.1) is 47.8 Å². The average Bonchev–Trinajstić information content (AvgIpc) is 3.65. The molecule has 7 rings (SSSR count). The van der Waals surface area contributed by atoms with Crippen LogP contribution in [-0.4, -0.2) is 44.1 Å². The van der Waals surface area contributed by atoms with E-state index in [1.807, 2.05) is 72.8 Å². The number of H-pyrrole nitrogens is 1. The Morgan fingerprint density at radius 2 is 1.74 bits per heavy atom. The van der Waals surface area contributed by atoms with E-state index in [0.29, 0.717) is 12.2 Å². The second kappa shape index (κ2) is 8.46. The molecule has 5 aromatic rings. The average molecular weight is 505 g/mol. The van der Waals surface area contributed by atoms with E-state index in [-0.39, 0.29) is 4.92 Å². The molecule has 9 heteroatoms. The molecule has 3 heterocycles. The Balaban J connectivity index is 1.52. The van der Waals surface area contributed by atoms with Crippen LogP contribution in [0.5, 0.6) is 5.75 Å². The molecule has 2 aromatic heterocycles. The van der Waals surface area contributed by atoms with E-state index >= 15 is 0 Å². The third-order valence-corrected chi connectivity index (χ3v) is 7.90. The van der Waals surface area contributed by atoms with Crippen molar-refractivity contribution in [1.82, 2.24) is 25.3 Å². The molecular formula is C29H24N6O3. The highest BCUT2D eigenvalue weighted by molar-refractivity contribution is 5.84. The van der Waals surface area contributed by atoms with Gasteiger partial charge in [0.15, 0.2) is 0 Å². The molecule has 188 valence electrons. The number of para-hydroxylation sites is 2. The summed E-state index contributed by atoms with van der Waals surface area (Å²) in [4.78, 5) is 30.2. The zero-order valence-electron chi connectivity index (χ0n) is 20.5. The number of methoxy groups -OCH3 is 1. The molecule has 1 saturated heterocycles. The van der Waals surface area contributed by atoms with Crippen molar-refractivity contribution in [3.05, 3.63) is 118 Å². The fourth-order valence-corrected chi connectivity index (χ4v) is 6.37. The largest absolute Gasteiger partial charge is 0.497 e. The predicted molar refractivity (Wildman–Crippen MR) is 141 cm³/mol. The van der Waals surface area contributed by atoms with E-state index in [2.05, 4.69) is 15.3 Å². The van der Waals surface area contributed by atoms with Gasteiger partial charge in [-0.25, -0.2) is 15.0 Å². The number of aromatic nitrogens is 4. The van der Waals surface area contributed by atoms with Crippen LogP contribution in [0.4, 0.5) is 0 Å². The van der Waals surface area contributed by atoms with Crippen molar-refractivity contribution < 1.29 is 9.66 Å². The molecule has 4 unspecified atom stereocenters. The number of benzene rings is 3. The summed E-state index contributed by atoms with van der Waals surface area (Å²) in [5.41, 5.74) is 5.62. The minimum Gasteiger partial charge on any atom is -0.497 e. The van der Waals surface area contributed by atoms with Gasteiger partial charge in [-0.1, -0.05) is 48.5 Å². The molecule has 0 bridgehead atoms. The van der Waals surface area contributed by atoms with Gasteiger partial charge >= 0.3 is 0 Å². The fourth-order valence-electron chi connectivity index (χ4n) is 6.37. The first kappa shape index (κ1) is 22.6. The zero-order chi connectivity index (χ0) is 25.9. The van der Waals surface area contributed by atoms with Crippen LogP contribution in [0.2, 0.25) is 0 Å². The van der Waals surface area contributed by atoms with E-state index in [4.69, 9.17) is 14.7 Å². The monoisotopic (exact) mass is 504 g/mol. The summed E-state index contributed by atoms with van der Waals surface area (Å²) in [7, 11) is 1.61. The molecule has 2 aliphatic rings. The molecule has 2 N–H and O–H groups in total. The van der Waals surface area contributed by atoms with Gasteiger partial charge in [-0.3, -0.25) is 15.4 Å². The van der Waals surface area contributed by atoms with Gasteiger partial charge in [0, 0.05) is 28.8 Å². The number of nitrogens with one attached hydrogen (secondary N) is 2. The van der Waals surface area contributed by atoms with Gasteiger partial charge in [-0.2, -0.15) is 0 Å². The van der Waals surface area contributed by atoms with Crippen LogP contribution in [0.15, 0.2) is 85.3 Å². The number of fused-ring (bicyclic) bond motifs is 6. The summed E-state index contributed by atoms with van der Waals surface area (Å²) in [6.45, 7) is 0. The standard InChI is InChI=1S/C29H24N6O3/c1-38-19-12-10-17(11-13-19)25-27(35(36)37)24(14-18-15-30-16-31-18)34-29(25)21-7-3-2-6-20(21)26-28(29)33-23-9-5-4-8-22(23)32-26/h2-13,15-16,24-25,27,34H,14H2,1H3,(H,30,31). The highest BCUT2D eigenvalue weighted by Crippen LogP contribution is 2.58. The molecule has 38 heavy (non-hydrogen) atoms. The van der Waals surface area contributed by atoms with E-state index in [9.17, 15) is 10.1 Å². The van der Waals surface area contributed by atoms with Crippen LogP contribution in [0.25, 0.3) is 22.3 Å². The van der Waals surface area contributed by atoms with Crippen LogP contribution in [0, 0.1) is 10.1 Å². The summed E-state index contributed by atoms with van der Waals surface area (Å²) in [6.07, 6.45) is 3.73. The Morgan fingerprint density at radius 3 is 2.45 bits per heavy atom. The Bertz CT molecular complexity index is 1670. The van der Waals surface area contributed by atoms with Crippen LogP contribution in [0.1, 0.15) is 28.4 Å². The molecule has 1 spiro atoms. The molecule has 1 aliphatic heterocycles. The normalized spacial score (nSPS) is 23.4. The smallest absolute Gasteiger partial charge is 0.237 e. The van der Waals surface area contributed by atoms with Gasteiger partial charge in [-0.15, -0.1) is 0 Å². The van der Waals surface area contributed by atoms with Crippen molar-refractivity contribution >= 4 is 11.0 Å². The van der Waals surface area contributed by atoms with Crippen molar-refractivity contribution in [2.24, 2.45) is 0 Å². The third-order valence-electron chi connectivity index (χ3n) is 7.90. The van der Waals surface area contributed by atoms with Gasteiger partial charge in [-0.05, 0) is 35.4 Å². The molecule has 3 aromatic carbocycles. The first-order chi connectivity index (χ1) is 18.6. The predicted octanol–water partition coefficient (Wildman–Crippen LogP) is 4.23. The maximum atomic E-state index is 12.9. The Labute approximate surface area is 218 Å². The van der Waals surface area contributed by atoms with Gasteiger partial charge < -0.3 is 9.72 Å². The lowest BCUT2D eigenvalue weighted by atomic mass is 9.73. The fraction of sp³-hybridized carbons (Fsp3) is 0.207. The number of nitrogens with zero attached hydrogens (tertiary/aromatic N) is 4. The summed E-state index contributed by atoms with van der Waals surface area (Å²) in [6, 6.07) is 21.9. The minimum absolute atomic E-state index is 0.146. The summed E-state index contributed by atoms with van der Waals surface area (Å²) >= 11 is 0. The van der Waals surface area contributed by atoms with E-state index in [1.54, 1.807) is 19.6 Å². The van der Waals surface area contributed by atoms with Crippen LogP contribution >= 0.6 is 0 Å². The summed E-state index contributed by atoms with van der Waals surface area (Å²) in [5.74, 6) is 0.132. The number of ether oxygens (including phenoxy) is 1. The maximum absolute atomic E-state index is 12.9. The SMILES string of the molecule is COc1ccc(C2C([N+](=O)[O-])C(Cc3cnc[nH]3)NC23c2ccccc2-c2nc4ccccc4nc23)cc1. The third kappa shape index (κ3) is 3.18. The Morgan fingerprint density at radius 1 is 1.00 bits per heavy atom. The topological polar surface area (TPSA) is 119 Å². The molecule has 9 nitrogen and oxygen atoms in total. The molecular weight excluding hydrogens is 480 g/mol. The highest BCUT2D eigenvalue weighted by atomic mass is 16.6. The number of hydrogen-bond acceptors (Lipinski definition) is 7. The Kier molecular flexibility index (Phi) is 5.02. The highest BCUT2D eigenvalue weighted by Gasteiger charge is 2.65. The van der Waals surface area contributed by atoms with E-state index in [1.165, 1.54) is 0 Å². The van der Waals surface area contributed by atoms with Crippen molar-refractivity contribution in [3.63, 3.8) is 0 Å². The van der Waals surface area contributed by atoms with Crippen LogP contribution in [0.3, 0.4) is 0 Å². The minimum atomic E-state index is -0.958. The zero-order valence-corrected chi connectivity index (χ0v) is 20.5. The first-order valence-electron chi connectivity index (χ1n) is 12.5. The molecule has 4 atom stereocenters.